The van der Waals surface area contributed by atoms with E-state index in [9.17, 15) is 14.7 Å². The van der Waals surface area contributed by atoms with Crippen LogP contribution in [0.3, 0.4) is 0 Å². The van der Waals surface area contributed by atoms with Gasteiger partial charge in [0.2, 0.25) is 0 Å². The molecule has 0 aliphatic heterocycles. The van der Waals surface area contributed by atoms with Crippen molar-refractivity contribution in [1.29, 1.82) is 0 Å². The summed E-state index contributed by atoms with van der Waals surface area (Å²) in [6.07, 6.45) is 5.92. The molecule has 0 unspecified atom stereocenters. The van der Waals surface area contributed by atoms with Crippen molar-refractivity contribution in [2.45, 2.75) is 39.7 Å². The Balaban J connectivity index is 0.00000361. The van der Waals surface area contributed by atoms with Crippen molar-refractivity contribution in [3.8, 4) is 0 Å². The summed E-state index contributed by atoms with van der Waals surface area (Å²) in [6.45, 7) is 7.00. The van der Waals surface area contributed by atoms with Crippen molar-refractivity contribution in [3.63, 3.8) is 0 Å². The molecule has 5 N–H and O–H groups in total. The molecule has 0 aromatic carbocycles. The Hall–Kier alpha value is -1.72. The summed E-state index contributed by atoms with van der Waals surface area (Å²) in [6, 6.07) is 0. The highest BCUT2D eigenvalue weighted by Gasteiger charge is 2.46. The van der Waals surface area contributed by atoms with Gasteiger partial charge in [0.25, 0.3) is 0 Å². The SMILES string of the molecule is CC1=CC(=O)CC(C)(C)[C@@]1(O)/C=C/C(C)=C\C(=O)O.N. The predicted octanol–water partition coefficient (Wildman–Crippen LogP) is 2.41. The minimum absolute atomic E-state index is 0. The van der Waals surface area contributed by atoms with E-state index in [1.54, 1.807) is 26.0 Å². The number of rotatable bonds is 3. The lowest BCUT2D eigenvalue weighted by Gasteiger charge is -2.43. The van der Waals surface area contributed by atoms with E-state index >= 15 is 0 Å². The molecule has 5 heteroatoms. The van der Waals surface area contributed by atoms with Gasteiger partial charge in [-0.25, -0.2) is 4.79 Å². The molecule has 0 bridgehead atoms. The van der Waals surface area contributed by atoms with Gasteiger partial charge >= 0.3 is 5.97 Å². The van der Waals surface area contributed by atoms with Gasteiger partial charge < -0.3 is 16.4 Å². The molecule has 0 heterocycles. The van der Waals surface area contributed by atoms with Crippen molar-refractivity contribution in [2.24, 2.45) is 5.41 Å². The second-order valence-corrected chi connectivity index (χ2v) is 5.68. The summed E-state index contributed by atoms with van der Waals surface area (Å²) in [7, 11) is 0. The Labute approximate surface area is 119 Å². The Kier molecular flexibility index (Phi) is 5.62. The van der Waals surface area contributed by atoms with Crippen LogP contribution in [0.5, 0.6) is 0 Å². The summed E-state index contributed by atoms with van der Waals surface area (Å²) in [5.41, 5.74) is -0.758. The van der Waals surface area contributed by atoms with Crippen molar-refractivity contribution in [2.75, 3.05) is 0 Å². The van der Waals surface area contributed by atoms with Gasteiger partial charge in [-0.1, -0.05) is 19.9 Å². The van der Waals surface area contributed by atoms with Crippen molar-refractivity contribution < 1.29 is 19.8 Å². The Morgan fingerprint density at radius 1 is 1.40 bits per heavy atom. The quantitative estimate of drug-likeness (QED) is 0.543. The first-order valence-corrected chi connectivity index (χ1v) is 6.13. The topological polar surface area (TPSA) is 110 Å². The van der Waals surface area contributed by atoms with Gasteiger partial charge in [0.05, 0.1) is 0 Å². The van der Waals surface area contributed by atoms with Crippen LogP contribution in [0, 0.1) is 5.41 Å². The summed E-state index contributed by atoms with van der Waals surface area (Å²) in [5, 5.41) is 19.4. The van der Waals surface area contributed by atoms with Crippen LogP contribution < -0.4 is 6.15 Å². The lowest BCUT2D eigenvalue weighted by Crippen LogP contribution is -2.48. The number of carbonyl (C=O) groups excluding carboxylic acids is 1. The molecule has 0 aromatic heterocycles. The minimum atomic E-state index is -1.24. The number of allylic oxidation sites excluding steroid dienone is 3. The normalized spacial score (nSPS) is 26.1. The van der Waals surface area contributed by atoms with E-state index in [1.807, 2.05) is 13.8 Å². The largest absolute Gasteiger partial charge is 0.478 e. The molecular weight excluding hydrogens is 258 g/mol. The first-order chi connectivity index (χ1) is 8.58. The third kappa shape index (κ3) is 3.65. The van der Waals surface area contributed by atoms with E-state index in [2.05, 4.69) is 0 Å². The molecule has 0 aromatic rings. The van der Waals surface area contributed by atoms with E-state index in [0.29, 0.717) is 11.1 Å². The highest BCUT2D eigenvalue weighted by Crippen LogP contribution is 2.44. The molecule has 0 saturated carbocycles. The predicted molar refractivity (Wildman–Crippen MR) is 77.7 cm³/mol. The van der Waals surface area contributed by atoms with Crippen LogP contribution in [-0.4, -0.2) is 27.6 Å². The number of carboxylic acids is 1. The third-order valence-electron chi connectivity index (χ3n) is 3.57. The fraction of sp³-hybridized carbons (Fsp3) is 0.467. The van der Waals surface area contributed by atoms with E-state index in [1.165, 1.54) is 6.08 Å². The van der Waals surface area contributed by atoms with Crippen LogP contribution in [0.2, 0.25) is 0 Å². The van der Waals surface area contributed by atoms with Gasteiger partial charge in [0.15, 0.2) is 5.78 Å². The smallest absolute Gasteiger partial charge is 0.328 e. The van der Waals surface area contributed by atoms with Crippen LogP contribution in [0.1, 0.15) is 34.1 Å². The molecule has 1 aliphatic carbocycles. The summed E-state index contributed by atoms with van der Waals surface area (Å²) >= 11 is 0. The van der Waals surface area contributed by atoms with Crippen molar-refractivity contribution >= 4 is 11.8 Å². The first kappa shape index (κ1) is 18.3. The average molecular weight is 281 g/mol. The molecule has 0 spiro atoms. The van der Waals surface area contributed by atoms with Crippen molar-refractivity contribution in [3.05, 3.63) is 35.5 Å². The molecular formula is C15H23NO4. The number of aliphatic hydroxyl groups is 1. The lowest BCUT2D eigenvalue weighted by molar-refractivity contribution is -0.131. The zero-order valence-corrected chi connectivity index (χ0v) is 12.4. The number of ketones is 1. The van der Waals surface area contributed by atoms with Crippen LogP contribution in [0.15, 0.2) is 35.5 Å². The number of hydrogen-bond donors (Lipinski definition) is 3. The molecule has 1 rings (SSSR count). The van der Waals surface area contributed by atoms with Crippen LogP contribution in [-0.2, 0) is 9.59 Å². The van der Waals surface area contributed by atoms with E-state index in [4.69, 9.17) is 5.11 Å². The Bertz CT molecular complexity index is 500. The van der Waals surface area contributed by atoms with E-state index < -0.39 is 17.0 Å². The molecule has 1 atom stereocenters. The minimum Gasteiger partial charge on any atom is -0.478 e. The number of aliphatic carboxylic acids is 1. The fourth-order valence-corrected chi connectivity index (χ4v) is 2.36. The van der Waals surface area contributed by atoms with Gasteiger partial charge in [-0.3, -0.25) is 4.79 Å². The van der Waals surface area contributed by atoms with Gasteiger partial charge in [0, 0.05) is 17.9 Å². The Morgan fingerprint density at radius 2 is 1.95 bits per heavy atom. The number of carboxylic acid groups (broad SMARTS) is 1. The number of hydrogen-bond acceptors (Lipinski definition) is 4. The van der Waals surface area contributed by atoms with Gasteiger partial charge in [-0.15, -0.1) is 0 Å². The second-order valence-electron chi connectivity index (χ2n) is 5.68. The summed E-state index contributed by atoms with van der Waals surface area (Å²) < 4.78 is 0. The highest BCUT2D eigenvalue weighted by atomic mass is 16.4. The zero-order valence-electron chi connectivity index (χ0n) is 12.4. The molecule has 0 saturated heterocycles. The summed E-state index contributed by atoms with van der Waals surface area (Å²) in [5.74, 6) is -1.03. The average Bonchev–Trinajstić information content (AvgIpc) is 2.21. The maximum absolute atomic E-state index is 11.6. The monoisotopic (exact) mass is 281 g/mol. The van der Waals surface area contributed by atoms with E-state index in [0.717, 1.165) is 6.08 Å². The maximum atomic E-state index is 11.6. The van der Waals surface area contributed by atoms with Crippen LogP contribution in [0.25, 0.3) is 0 Å². The standard InChI is InChI=1S/C15H20O4.H3N/c1-10(7-13(17)18)5-6-15(19)11(2)8-12(16)9-14(15,3)4;/h5-8,19H,9H2,1-4H3,(H,17,18);1H3/b6-5+,10-7-;/t15-;/m1./s1. The highest BCUT2D eigenvalue weighted by molar-refractivity contribution is 5.92. The molecule has 5 nitrogen and oxygen atoms in total. The first-order valence-electron chi connectivity index (χ1n) is 6.13. The molecule has 112 valence electrons. The molecule has 20 heavy (non-hydrogen) atoms. The number of carbonyl (C=O) groups is 2. The Morgan fingerprint density at radius 3 is 2.40 bits per heavy atom. The second kappa shape index (κ2) is 6.15. The van der Waals surface area contributed by atoms with Gasteiger partial charge in [-0.2, -0.15) is 0 Å². The zero-order chi connectivity index (χ0) is 14.8. The third-order valence-corrected chi connectivity index (χ3v) is 3.57. The van der Waals surface area contributed by atoms with Gasteiger partial charge in [0.1, 0.15) is 5.60 Å². The molecule has 0 amide bonds. The van der Waals surface area contributed by atoms with Gasteiger partial charge in [-0.05, 0) is 37.1 Å². The van der Waals surface area contributed by atoms with Crippen molar-refractivity contribution in [1.82, 2.24) is 6.15 Å². The van der Waals surface area contributed by atoms with Crippen LogP contribution >= 0.6 is 0 Å². The molecule has 1 aliphatic rings. The molecule has 0 fully saturated rings. The maximum Gasteiger partial charge on any atom is 0.328 e. The van der Waals surface area contributed by atoms with Crippen LogP contribution in [0.4, 0.5) is 0 Å². The lowest BCUT2D eigenvalue weighted by atomic mass is 9.64. The molecule has 0 radical (unpaired) electrons. The summed E-state index contributed by atoms with van der Waals surface area (Å²) in [4.78, 5) is 22.1. The fourth-order valence-electron chi connectivity index (χ4n) is 2.36. The van der Waals surface area contributed by atoms with E-state index in [-0.39, 0.29) is 18.4 Å².